The van der Waals surface area contributed by atoms with Crippen LogP contribution in [0.15, 0.2) is 12.2 Å². The molecule has 18 heavy (non-hydrogen) atoms. The largest absolute Gasteiger partial charge is 0.481 e. The monoisotopic (exact) mass is 251 g/mol. The van der Waals surface area contributed by atoms with Crippen LogP contribution in [-0.2, 0) is 4.79 Å². The Morgan fingerprint density at radius 2 is 2.22 bits per heavy atom. The normalized spacial score (nSPS) is 38.9. The molecule has 3 atom stereocenters. The van der Waals surface area contributed by atoms with Crippen LogP contribution in [0, 0.1) is 32.8 Å². The summed E-state index contributed by atoms with van der Waals surface area (Å²) >= 11 is 0. The van der Waals surface area contributed by atoms with Crippen LogP contribution in [0.25, 0.3) is 0 Å². The quantitative estimate of drug-likeness (QED) is 0.471. The lowest BCUT2D eigenvalue weighted by Crippen LogP contribution is -2.56. The third kappa shape index (κ3) is 1.42. The molecule has 2 saturated carbocycles. The summed E-state index contributed by atoms with van der Waals surface area (Å²) in [5, 5.41) is 19.8. The maximum Gasteiger partial charge on any atom is 0.304 e. The van der Waals surface area contributed by atoms with E-state index in [0.717, 1.165) is 0 Å². The van der Waals surface area contributed by atoms with E-state index < -0.39 is 11.4 Å². The van der Waals surface area contributed by atoms with Crippen molar-refractivity contribution in [2.45, 2.75) is 32.1 Å². The molecule has 0 aromatic rings. The maximum absolute atomic E-state index is 11.0. The second-order valence-electron chi connectivity index (χ2n) is 6.21. The molecule has 3 aliphatic carbocycles. The van der Waals surface area contributed by atoms with Gasteiger partial charge >= 0.3 is 5.97 Å². The molecule has 0 aromatic heterocycles. The van der Waals surface area contributed by atoms with E-state index in [0.29, 0.717) is 12.3 Å². The van der Waals surface area contributed by atoms with Crippen molar-refractivity contribution in [3.05, 3.63) is 22.3 Å². The summed E-state index contributed by atoms with van der Waals surface area (Å²) in [6.07, 6.45) is 8.50. The van der Waals surface area contributed by atoms with Crippen molar-refractivity contribution >= 4 is 5.97 Å². The van der Waals surface area contributed by atoms with E-state index in [1.807, 2.05) is 0 Å². The van der Waals surface area contributed by atoms with Gasteiger partial charge in [0.05, 0.1) is 11.8 Å². The number of aliphatic carboxylic acids is 1. The summed E-state index contributed by atoms with van der Waals surface area (Å²) in [4.78, 5) is 21.4. The molecule has 1 spiro atoms. The highest BCUT2D eigenvalue weighted by atomic mass is 16.6. The zero-order chi connectivity index (χ0) is 13.0. The third-order valence-corrected chi connectivity index (χ3v) is 5.37. The molecule has 0 aliphatic heterocycles. The average Bonchev–Trinajstić information content (AvgIpc) is 2.49. The minimum absolute atomic E-state index is 0.0738. The lowest BCUT2D eigenvalue weighted by molar-refractivity contribution is -0.506. The number of carboxylic acid groups (broad SMARTS) is 1. The van der Waals surface area contributed by atoms with Gasteiger partial charge in [0.1, 0.15) is 0 Å². The number of fused-ring (bicyclic) bond motifs is 2. The summed E-state index contributed by atoms with van der Waals surface area (Å²) in [5.74, 6) is -0.344. The second-order valence-corrected chi connectivity index (χ2v) is 6.21. The van der Waals surface area contributed by atoms with Crippen molar-refractivity contribution in [3.63, 3.8) is 0 Å². The van der Waals surface area contributed by atoms with Crippen molar-refractivity contribution in [1.29, 1.82) is 0 Å². The fourth-order valence-corrected chi connectivity index (χ4v) is 4.38. The van der Waals surface area contributed by atoms with Crippen LogP contribution in [0.5, 0.6) is 0 Å². The summed E-state index contributed by atoms with van der Waals surface area (Å²) in [7, 11) is 0. The van der Waals surface area contributed by atoms with Gasteiger partial charge in [-0.05, 0) is 36.5 Å². The lowest BCUT2D eigenvalue weighted by atomic mass is 9.45. The fraction of sp³-hybridized carbons (Fsp3) is 0.769. The smallest absolute Gasteiger partial charge is 0.304 e. The van der Waals surface area contributed by atoms with Crippen LogP contribution >= 0.6 is 0 Å². The van der Waals surface area contributed by atoms with Crippen molar-refractivity contribution in [3.8, 4) is 0 Å². The molecule has 0 radical (unpaired) electrons. The van der Waals surface area contributed by atoms with Crippen molar-refractivity contribution < 1.29 is 14.8 Å². The minimum Gasteiger partial charge on any atom is -0.481 e. The standard InChI is InChI=1S/C13H17NO4/c15-11(16)7-13(8-14(17)18)6-10-9(13)2-5-12(10)3-1-4-12/h2,5,9-10H,1,3-4,6-8H2,(H,15,16)/t9-,10+,13+/m1/s1. The van der Waals surface area contributed by atoms with Gasteiger partial charge in [-0.25, -0.2) is 0 Å². The molecule has 0 saturated heterocycles. The van der Waals surface area contributed by atoms with Gasteiger partial charge in [-0.2, -0.15) is 0 Å². The summed E-state index contributed by atoms with van der Waals surface area (Å²) in [6, 6.07) is 0. The van der Waals surface area contributed by atoms with Gasteiger partial charge in [0, 0.05) is 4.92 Å². The van der Waals surface area contributed by atoms with Crippen LogP contribution in [-0.4, -0.2) is 22.5 Å². The minimum atomic E-state index is -0.918. The first-order valence-corrected chi connectivity index (χ1v) is 6.50. The number of carboxylic acids is 1. The van der Waals surface area contributed by atoms with Gasteiger partial charge < -0.3 is 5.11 Å². The third-order valence-electron chi connectivity index (χ3n) is 5.37. The van der Waals surface area contributed by atoms with Crippen LogP contribution in [0.4, 0.5) is 0 Å². The van der Waals surface area contributed by atoms with Gasteiger partial charge in [0.2, 0.25) is 6.54 Å². The lowest BCUT2D eigenvalue weighted by Gasteiger charge is -2.57. The van der Waals surface area contributed by atoms with Crippen LogP contribution in [0.1, 0.15) is 32.1 Å². The Bertz CT molecular complexity index is 422. The number of hydrogen-bond acceptors (Lipinski definition) is 3. The second kappa shape index (κ2) is 3.56. The van der Waals surface area contributed by atoms with E-state index >= 15 is 0 Å². The number of rotatable bonds is 4. The Morgan fingerprint density at radius 3 is 2.72 bits per heavy atom. The van der Waals surface area contributed by atoms with Crippen LogP contribution in [0.2, 0.25) is 0 Å². The molecule has 1 N–H and O–H groups in total. The molecule has 0 bridgehead atoms. The molecule has 0 heterocycles. The van der Waals surface area contributed by atoms with E-state index in [1.165, 1.54) is 19.3 Å². The van der Waals surface area contributed by atoms with Crippen molar-refractivity contribution in [1.82, 2.24) is 0 Å². The van der Waals surface area contributed by atoms with Crippen molar-refractivity contribution in [2.75, 3.05) is 6.54 Å². The summed E-state index contributed by atoms with van der Waals surface area (Å²) < 4.78 is 0. The van der Waals surface area contributed by atoms with E-state index in [-0.39, 0.29) is 29.2 Å². The summed E-state index contributed by atoms with van der Waals surface area (Å²) in [5.41, 5.74) is -0.362. The number of hydrogen-bond donors (Lipinski definition) is 1. The van der Waals surface area contributed by atoms with Crippen LogP contribution < -0.4 is 0 Å². The van der Waals surface area contributed by atoms with E-state index in [9.17, 15) is 14.9 Å². The Morgan fingerprint density at radius 1 is 1.50 bits per heavy atom. The molecular formula is C13H17NO4. The molecule has 98 valence electrons. The maximum atomic E-state index is 11.0. The topological polar surface area (TPSA) is 80.4 Å². The SMILES string of the molecule is O=C(O)C[C@]1(C[N+](=O)[O-])C[C@H]2[C@H]1C=CC21CCC1. The van der Waals surface area contributed by atoms with Crippen molar-refractivity contribution in [2.24, 2.45) is 22.7 Å². The number of nitrogens with zero attached hydrogens (tertiary/aromatic N) is 1. The highest BCUT2D eigenvalue weighted by Gasteiger charge is 2.65. The molecule has 0 aromatic carbocycles. The van der Waals surface area contributed by atoms with Gasteiger partial charge in [-0.1, -0.05) is 18.6 Å². The first-order chi connectivity index (χ1) is 8.47. The van der Waals surface area contributed by atoms with Gasteiger partial charge in [-0.3, -0.25) is 14.9 Å². The zero-order valence-corrected chi connectivity index (χ0v) is 10.2. The fourth-order valence-electron chi connectivity index (χ4n) is 4.38. The molecule has 3 rings (SSSR count). The number of nitro groups is 1. The average molecular weight is 251 g/mol. The molecule has 3 aliphatic rings. The zero-order valence-electron chi connectivity index (χ0n) is 10.2. The van der Waals surface area contributed by atoms with E-state index in [4.69, 9.17) is 5.11 Å². The molecule has 5 nitrogen and oxygen atoms in total. The Labute approximate surface area is 105 Å². The number of carbonyl (C=O) groups is 1. The molecule has 2 fully saturated rings. The van der Waals surface area contributed by atoms with Gasteiger partial charge in [0.25, 0.3) is 0 Å². The molecule has 0 unspecified atom stereocenters. The first kappa shape index (κ1) is 11.7. The number of allylic oxidation sites excluding steroid dienone is 2. The van der Waals surface area contributed by atoms with Gasteiger partial charge in [0.15, 0.2) is 0 Å². The van der Waals surface area contributed by atoms with E-state index in [1.54, 1.807) is 0 Å². The van der Waals surface area contributed by atoms with E-state index in [2.05, 4.69) is 12.2 Å². The predicted molar refractivity (Wildman–Crippen MR) is 63.6 cm³/mol. The highest BCUT2D eigenvalue weighted by Crippen LogP contribution is 2.69. The molecule has 0 amide bonds. The molecular weight excluding hydrogens is 234 g/mol. The Hall–Kier alpha value is -1.39. The Balaban J connectivity index is 1.80. The van der Waals surface area contributed by atoms with Crippen LogP contribution in [0.3, 0.4) is 0 Å². The predicted octanol–water partition coefficient (Wildman–Crippen LogP) is 2.10. The highest BCUT2D eigenvalue weighted by molar-refractivity contribution is 5.68. The summed E-state index contributed by atoms with van der Waals surface area (Å²) in [6.45, 7) is -0.207. The molecule has 5 heteroatoms. The Kier molecular flexibility index (Phi) is 2.31. The first-order valence-electron chi connectivity index (χ1n) is 6.50. The van der Waals surface area contributed by atoms with Gasteiger partial charge in [-0.15, -0.1) is 0 Å².